The van der Waals surface area contributed by atoms with Crippen LogP contribution in [0.1, 0.15) is 28.9 Å². The highest BCUT2D eigenvalue weighted by molar-refractivity contribution is 5.96. The van der Waals surface area contributed by atoms with Crippen molar-refractivity contribution in [3.63, 3.8) is 0 Å². The van der Waals surface area contributed by atoms with Crippen molar-refractivity contribution in [1.82, 2.24) is 14.3 Å². The number of para-hydroxylation sites is 1. The largest absolute Gasteiger partial charge is 0.508 e. The number of carbonyl (C=O) groups excluding carboxylic acids is 2. The molecule has 2 aliphatic heterocycles. The Morgan fingerprint density at radius 1 is 1.06 bits per heavy atom. The Morgan fingerprint density at radius 3 is 2.41 bits per heavy atom. The molecule has 9 heteroatoms. The van der Waals surface area contributed by atoms with E-state index in [9.17, 15) is 19.5 Å². The van der Waals surface area contributed by atoms with E-state index in [2.05, 4.69) is 5.10 Å². The van der Waals surface area contributed by atoms with Crippen LogP contribution in [0.4, 0.5) is 0 Å². The predicted octanol–water partition coefficient (Wildman–Crippen LogP) is 2.98. The summed E-state index contributed by atoms with van der Waals surface area (Å²) in [7, 11) is 1.27. The van der Waals surface area contributed by atoms with E-state index in [1.165, 1.54) is 40.9 Å². The molecule has 0 bridgehead atoms. The molecule has 0 aliphatic carbocycles. The van der Waals surface area contributed by atoms with Crippen LogP contribution in [0.3, 0.4) is 0 Å². The number of hydrogen-bond donors (Lipinski definition) is 1. The van der Waals surface area contributed by atoms with Gasteiger partial charge in [0.2, 0.25) is 0 Å². The van der Waals surface area contributed by atoms with Crippen LogP contribution in [-0.4, -0.2) is 45.1 Å². The van der Waals surface area contributed by atoms with Crippen LogP contribution in [0.5, 0.6) is 5.75 Å². The van der Waals surface area contributed by atoms with Crippen LogP contribution in [0.25, 0.3) is 16.9 Å². The van der Waals surface area contributed by atoms with Crippen molar-refractivity contribution in [2.24, 2.45) is 0 Å². The molecule has 0 saturated heterocycles. The molecule has 0 amide bonds. The van der Waals surface area contributed by atoms with E-state index in [-0.39, 0.29) is 35.6 Å². The van der Waals surface area contributed by atoms with Gasteiger partial charge in [0.15, 0.2) is 0 Å². The molecule has 9 nitrogen and oxygen atoms in total. The minimum absolute atomic E-state index is 0.0609. The Kier molecular flexibility index (Phi) is 6.44. The summed E-state index contributed by atoms with van der Waals surface area (Å²) in [5, 5.41) is 14.0. The second-order valence-electron chi connectivity index (χ2n) is 7.56. The molecule has 2 aliphatic rings. The summed E-state index contributed by atoms with van der Waals surface area (Å²) >= 11 is 0. The zero-order chi connectivity index (χ0) is 24.2. The second-order valence-corrected chi connectivity index (χ2v) is 7.56. The quantitative estimate of drug-likeness (QED) is 0.421. The number of carbonyl (C=O) groups is 2. The van der Waals surface area contributed by atoms with Crippen LogP contribution in [-0.2, 0) is 20.7 Å². The normalized spacial score (nSPS) is 11.8. The lowest BCUT2D eigenvalue weighted by molar-refractivity contribution is -0.144. The van der Waals surface area contributed by atoms with Gasteiger partial charge in [0, 0.05) is 18.8 Å². The molecule has 0 spiro atoms. The number of rotatable bonds is 7. The summed E-state index contributed by atoms with van der Waals surface area (Å²) in [6.07, 6.45) is 3.14. The van der Waals surface area contributed by atoms with Crippen molar-refractivity contribution in [3.8, 4) is 22.7 Å². The van der Waals surface area contributed by atoms with Crippen LogP contribution in [0.15, 0.2) is 71.8 Å². The first-order valence-electron chi connectivity index (χ1n) is 10.7. The highest BCUT2D eigenvalue weighted by atomic mass is 16.5. The number of benzene rings is 2. The van der Waals surface area contributed by atoms with Gasteiger partial charge in [0.25, 0.3) is 5.56 Å². The monoisotopic (exact) mass is 461 g/mol. The summed E-state index contributed by atoms with van der Waals surface area (Å²) < 4.78 is 12.9. The number of aromatic nitrogens is 3. The number of methoxy groups -OCH3 is 1. The molecule has 1 N–H and O–H groups in total. The average molecular weight is 461 g/mol. The average Bonchev–Trinajstić information content (AvgIpc) is 3.19. The maximum atomic E-state index is 13.3. The van der Waals surface area contributed by atoms with Gasteiger partial charge in [-0.05, 0) is 36.8 Å². The van der Waals surface area contributed by atoms with Crippen LogP contribution in [0, 0.1) is 0 Å². The number of esters is 2. The van der Waals surface area contributed by atoms with Gasteiger partial charge >= 0.3 is 11.9 Å². The highest BCUT2D eigenvalue weighted by Crippen LogP contribution is 2.27. The van der Waals surface area contributed by atoms with Gasteiger partial charge in [0.05, 0.1) is 25.0 Å². The second kappa shape index (κ2) is 9.62. The van der Waals surface area contributed by atoms with Gasteiger partial charge in [-0.25, -0.2) is 9.59 Å². The molecule has 4 rings (SSSR count). The number of fused-ring (bicyclic) bond motifs is 1. The third-order valence-electron chi connectivity index (χ3n) is 5.38. The summed E-state index contributed by atoms with van der Waals surface area (Å²) in [6.45, 7) is 1.81. The van der Waals surface area contributed by atoms with Crippen molar-refractivity contribution < 1.29 is 24.2 Å². The fraction of sp³-hybridized carbons (Fsp3) is 0.200. The lowest BCUT2D eigenvalue weighted by Crippen LogP contribution is -2.25. The fourth-order valence-corrected chi connectivity index (χ4v) is 3.71. The number of phenolic OH excluding ortho intramolecular Hbond substituents is 1. The van der Waals surface area contributed by atoms with Crippen molar-refractivity contribution in [2.45, 2.75) is 19.4 Å². The van der Waals surface area contributed by atoms with Crippen molar-refractivity contribution in [3.05, 3.63) is 88.5 Å². The Labute approximate surface area is 195 Å². The van der Waals surface area contributed by atoms with Crippen molar-refractivity contribution in [1.29, 1.82) is 0 Å². The number of phenols is 1. The van der Waals surface area contributed by atoms with Gasteiger partial charge in [-0.2, -0.15) is 9.78 Å². The van der Waals surface area contributed by atoms with Crippen LogP contribution < -0.4 is 5.56 Å². The third kappa shape index (κ3) is 4.40. The summed E-state index contributed by atoms with van der Waals surface area (Å²) in [5.74, 6) is -1.12. The molecule has 0 saturated carbocycles. The zero-order valence-corrected chi connectivity index (χ0v) is 18.7. The topological polar surface area (TPSA) is 113 Å². The lowest BCUT2D eigenvalue weighted by Gasteiger charge is -2.20. The van der Waals surface area contributed by atoms with Gasteiger partial charge in [0.1, 0.15) is 23.0 Å². The van der Waals surface area contributed by atoms with Gasteiger partial charge in [-0.1, -0.05) is 30.3 Å². The third-order valence-corrected chi connectivity index (χ3v) is 5.38. The molecule has 0 aromatic heterocycles. The number of ether oxygens (including phenoxy) is 2. The molecular weight excluding hydrogens is 438 g/mol. The van der Waals surface area contributed by atoms with Crippen molar-refractivity contribution in [2.75, 3.05) is 13.7 Å². The minimum atomic E-state index is -0.883. The smallest absolute Gasteiger partial charge is 0.341 e. The zero-order valence-electron chi connectivity index (χ0n) is 18.7. The van der Waals surface area contributed by atoms with Gasteiger partial charge in [-0.15, -0.1) is 0 Å². The van der Waals surface area contributed by atoms with E-state index in [0.29, 0.717) is 5.69 Å². The van der Waals surface area contributed by atoms with E-state index in [1.54, 1.807) is 43.3 Å². The van der Waals surface area contributed by atoms with Gasteiger partial charge in [-0.3, -0.25) is 4.79 Å². The molecule has 174 valence electrons. The van der Waals surface area contributed by atoms with E-state index < -0.39 is 23.5 Å². The Balaban J connectivity index is 1.90. The molecule has 0 radical (unpaired) electrons. The maximum absolute atomic E-state index is 13.3. The number of hydrogen-bond acceptors (Lipinski definition) is 7. The molecule has 2 aromatic carbocycles. The Morgan fingerprint density at radius 2 is 1.76 bits per heavy atom. The SMILES string of the molecule is CCOC(=O)c1cn([C@H](Cc2ccc(O)cc2)C(=O)OC)cc2c(=O)n(-c3ccccc3)nc1-2. The summed E-state index contributed by atoms with van der Waals surface area (Å²) in [6, 6.07) is 14.3. The van der Waals surface area contributed by atoms with E-state index >= 15 is 0 Å². The molecule has 2 heterocycles. The lowest BCUT2D eigenvalue weighted by atomic mass is 10.0. The fourth-order valence-electron chi connectivity index (χ4n) is 3.71. The first-order chi connectivity index (χ1) is 16.4. The molecule has 0 unspecified atom stereocenters. The minimum Gasteiger partial charge on any atom is -0.508 e. The maximum Gasteiger partial charge on any atom is 0.341 e. The molecule has 1 atom stereocenters. The number of aromatic hydroxyl groups is 1. The predicted molar refractivity (Wildman–Crippen MR) is 123 cm³/mol. The van der Waals surface area contributed by atoms with E-state index in [0.717, 1.165) is 5.56 Å². The highest BCUT2D eigenvalue weighted by Gasteiger charge is 2.29. The first-order valence-corrected chi connectivity index (χ1v) is 10.7. The first kappa shape index (κ1) is 22.8. The van der Waals surface area contributed by atoms with Gasteiger partial charge < -0.3 is 19.1 Å². The summed E-state index contributed by atoms with van der Waals surface area (Å²) in [4.78, 5) is 38.8. The van der Waals surface area contributed by atoms with Crippen LogP contribution in [0.2, 0.25) is 0 Å². The molecule has 34 heavy (non-hydrogen) atoms. The number of pyridine rings is 1. The van der Waals surface area contributed by atoms with Crippen molar-refractivity contribution >= 4 is 11.9 Å². The molecule has 2 aromatic rings. The molecular formula is C25H23N3O6. The summed E-state index contributed by atoms with van der Waals surface area (Å²) in [5.41, 5.74) is 1.25. The van der Waals surface area contributed by atoms with Crippen LogP contribution >= 0.6 is 0 Å². The Hall–Kier alpha value is -4.40. The standard InChI is InChI=1S/C25H23N3O6/c1-3-34-24(31)20-15-27(21(25(32)33-2)13-16-9-11-18(29)12-10-16)14-19-22(20)26-28(23(19)30)17-7-5-4-6-8-17/h4-12,14-15,21,29H,3,13H2,1-2H3/t21-/m1/s1. The Bertz CT molecular complexity index is 1340. The van der Waals surface area contributed by atoms with E-state index in [4.69, 9.17) is 9.47 Å². The molecule has 0 fully saturated rings. The number of nitrogens with zero attached hydrogens (tertiary/aromatic N) is 3. The van der Waals surface area contributed by atoms with E-state index in [1.807, 2.05) is 6.07 Å².